The highest BCUT2D eigenvalue weighted by molar-refractivity contribution is 4.67. The van der Waals surface area contributed by atoms with Gasteiger partial charge in [-0.25, -0.2) is 0 Å². The Balaban J connectivity index is 0.000000173. The highest BCUT2D eigenvalue weighted by Gasteiger charge is 2.05. The van der Waals surface area contributed by atoms with E-state index in [4.69, 9.17) is 10.8 Å². The maximum Gasteiger partial charge on any atom is 0.0701 e. The molecule has 1 rings (SSSR count). The molecule has 1 aliphatic heterocycles. The first kappa shape index (κ1) is 8.88. The van der Waals surface area contributed by atoms with Crippen molar-refractivity contribution in [3.05, 3.63) is 0 Å². The lowest BCUT2D eigenvalue weighted by Crippen LogP contribution is -2.35. The van der Waals surface area contributed by atoms with Crippen LogP contribution in [0, 0.1) is 0 Å². The summed E-state index contributed by atoms with van der Waals surface area (Å²) in [4.78, 5) is 0. The Hall–Kier alpha value is -0.120. The molecule has 0 unspecified atom stereocenters. The Kier molecular flexibility index (Phi) is 3.77. The second-order valence-electron chi connectivity index (χ2n) is 2.76. The fourth-order valence-electron chi connectivity index (χ4n) is 0. The molecule has 0 radical (unpaired) electrons. The summed E-state index contributed by atoms with van der Waals surface area (Å²) >= 11 is 0. The molecule has 0 saturated carbocycles. The van der Waals surface area contributed by atoms with Crippen molar-refractivity contribution in [1.82, 2.24) is 0 Å². The molecular formula is C6H15NO2. The number of ether oxygens (including phenoxy) is 1. The molecule has 0 atom stereocenters. The first-order chi connectivity index (χ1) is 4.06. The minimum absolute atomic E-state index is 0.0486. The van der Waals surface area contributed by atoms with Crippen LogP contribution in [0.3, 0.4) is 0 Å². The Morgan fingerprint density at radius 2 is 1.78 bits per heavy atom. The minimum Gasteiger partial charge on any atom is -0.394 e. The third-order valence-electron chi connectivity index (χ3n) is 0.612. The lowest BCUT2D eigenvalue weighted by molar-refractivity contribution is 0.221. The van der Waals surface area contributed by atoms with Gasteiger partial charge in [0.05, 0.1) is 19.8 Å². The van der Waals surface area contributed by atoms with Crippen LogP contribution in [-0.2, 0) is 4.74 Å². The molecule has 3 heteroatoms. The molecule has 0 aliphatic carbocycles. The van der Waals surface area contributed by atoms with E-state index in [0.29, 0.717) is 0 Å². The largest absolute Gasteiger partial charge is 0.394 e. The second-order valence-corrected chi connectivity index (χ2v) is 2.76. The molecular weight excluding hydrogens is 118 g/mol. The number of hydrogen-bond acceptors (Lipinski definition) is 3. The molecule has 0 aromatic heterocycles. The predicted octanol–water partition coefficient (Wildman–Crippen LogP) is -0.267. The molecule has 3 N–H and O–H groups in total. The number of epoxide rings is 1. The van der Waals surface area contributed by atoms with Gasteiger partial charge in [0.15, 0.2) is 0 Å². The van der Waals surface area contributed by atoms with E-state index >= 15 is 0 Å². The molecule has 0 aromatic carbocycles. The first-order valence-electron chi connectivity index (χ1n) is 3.04. The summed E-state index contributed by atoms with van der Waals surface area (Å²) < 4.78 is 4.50. The van der Waals surface area contributed by atoms with Crippen molar-refractivity contribution < 1.29 is 9.84 Å². The summed E-state index contributed by atoms with van der Waals surface area (Å²) in [5.74, 6) is 0. The van der Waals surface area contributed by atoms with Crippen LogP contribution in [-0.4, -0.2) is 30.5 Å². The molecule has 1 saturated heterocycles. The van der Waals surface area contributed by atoms with Crippen LogP contribution >= 0.6 is 0 Å². The fourth-order valence-corrected chi connectivity index (χ4v) is 0. The standard InChI is InChI=1S/C4H11NO.C2H4O/c1-4(2,5)3-6;1-2-3-1/h6H,3,5H2,1-2H3;1-2H2. The number of aliphatic hydroxyl groups is 1. The zero-order chi connectivity index (χ0) is 7.33. The van der Waals surface area contributed by atoms with Gasteiger partial charge in [-0.3, -0.25) is 0 Å². The summed E-state index contributed by atoms with van der Waals surface area (Å²) in [5, 5.41) is 8.28. The number of rotatable bonds is 1. The maximum atomic E-state index is 8.28. The van der Waals surface area contributed by atoms with E-state index in [1.165, 1.54) is 0 Å². The fraction of sp³-hybridized carbons (Fsp3) is 1.00. The van der Waals surface area contributed by atoms with Crippen LogP contribution in [0.15, 0.2) is 0 Å². The SMILES string of the molecule is C1CO1.CC(C)(N)CO. The lowest BCUT2D eigenvalue weighted by Gasteiger charge is -2.12. The zero-order valence-electron chi connectivity index (χ0n) is 6.05. The van der Waals surface area contributed by atoms with Gasteiger partial charge in [-0.05, 0) is 13.8 Å². The maximum absolute atomic E-state index is 8.28. The molecule has 0 spiro atoms. The van der Waals surface area contributed by atoms with E-state index in [1.54, 1.807) is 13.8 Å². The van der Waals surface area contributed by atoms with Crippen molar-refractivity contribution in [2.75, 3.05) is 19.8 Å². The normalized spacial score (nSPS) is 16.0. The number of nitrogens with two attached hydrogens (primary N) is 1. The molecule has 1 aliphatic rings. The van der Waals surface area contributed by atoms with Gasteiger partial charge in [0, 0.05) is 5.54 Å². The summed E-state index contributed by atoms with van der Waals surface area (Å²) in [6.45, 7) is 5.59. The Bertz CT molecular complexity index is 63.2. The smallest absolute Gasteiger partial charge is 0.0701 e. The van der Waals surface area contributed by atoms with Gasteiger partial charge in [-0.1, -0.05) is 0 Å². The number of hydrogen-bond donors (Lipinski definition) is 2. The topological polar surface area (TPSA) is 58.8 Å². The van der Waals surface area contributed by atoms with E-state index in [9.17, 15) is 0 Å². The molecule has 0 amide bonds. The van der Waals surface area contributed by atoms with Crippen LogP contribution in [0.5, 0.6) is 0 Å². The monoisotopic (exact) mass is 133 g/mol. The van der Waals surface area contributed by atoms with Gasteiger partial charge in [0.1, 0.15) is 0 Å². The lowest BCUT2D eigenvalue weighted by atomic mass is 10.1. The van der Waals surface area contributed by atoms with E-state index < -0.39 is 5.54 Å². The third kappa shape index (κ3) is 18.1. The van der Waals surface area contributed by atoms with Gasteiger partial charge in [0.2, 0.25) is 0 Å². The Morgan fingerprint density at radius 1 is 1.56 bits per heavy atom. The van der Waals surface area contributed by atoms with Gasteiger partial charge < -0.3 is 15.6 Å². The summed E-state index contributed by atoms with van der Waals surface area (Å²) in [6.07, 6.45) is 0. The molecule has 56 valence electrons. The van der Waals surface area contributed by atoms with Crippen molar-refractivity contribution >= 4 is 0 Å². The van der Waals surface area contributed by atoms with Crippen molar-refractivity contribution in [2.45, 2.75) is 19.4 Å². The van der Waals surface area contributed by atoms with Crippen molar-refractivity contribution in [3.8, 4) is 0 Å². The van der Waals surface area contributed by atoms with Crippen LogP contribution in [0.1, 0.15) is 13.8 Å². The van der Waals surface area contributed by atoms with Gasteiger partial charge in [-0.2, -0.15) is 0 Å². The van der Waals surface area contributed by atoms with E-state index in [1.807, 2.05) is 0 Å². The molecule has 1 heterocycles. The predicted molar refractivity (Wildman–Crippen MR) is 36.2 cm³/mol. The second kappa shape index (κ2) is 3.82. The minimum atomic E-state index is -0.403. The van der Waals surface area contributed by atoms with Gasteiger partial charge in [-0.15, -0.1) is 0 Å². The average molecular weight is 133 g/mol. The molecule has 1 fully saturated rings. The Morgan fingerprint density at radius 3 is 1.78 bits per heavy atom. The van der Waals surface area contributed by atoms with Crippen LogP contribution < -0.4 is 5.73 Å². The molecule has 0 bridgehead atoms. The summed E-state index contributed by atoms with van der Waals surface area (Å²) in [5.41, 5.74) is 4.88. The molecule has 0 aromatic rings. The molecule has 9 heavy (non-hydrogen) atoms. The molecule has 3 nitrogen and oxygen atoms in total. The van der Waals surface area contributed by atoms with E-state index in [0.717, 1.165) is 13.2 Å². The van der Waals surface area contributed by atoms with Crippen LogP contribution in [0.2, 0.25) is 0 Å². The number of aliphatic hydroxyl groups excluding tert-OH is 1. The van der Waals surface area contributed by atoms with E-state index in [-0.39, 0.29) is 6.61 Å². The summed E-state index contributed by atoms with van der Waals surface area (Å²) in [6, 6.07) is 0. The van der Waals surface area contributed by atoms with Crippen molar-refractivity contribution in [1.29, 1.82) is 0 Å². The zero-order valence-corrected chi connectivity index (χ0v) is 6.05. The summed E-state index contributed by atoms with van der Waals surface area (Å²) in [7, 11) is 0. The van der Waals surface area contributed by atoms with Crippen LogP contribution in [0.4, 0.5) is 0 Å². The first-order valence-corrected chi connectivity index (χ1v) is 3.04. The van der Waals surface area contributed by atoms with Crippen molar-refractivity contribution in [2.24, 2.45) is 5.73 Å². The average Bonchev–Trinajstić information content (AvgIpc) is 2.45. The third-order valence-corrected chi connectivity index (χ3v) is 0.612. The highest BCUT2D eigenvalue weighted by atomic mass is 16.6. The Labute approximate surface area is 55.8 Å². The van der Waals surface area contributed by atoms with Crippen LogP contribution in [0.25, 0.3) is 0 Å². The quantitative estimate of drug-likeness (QED) is 0.484. The van der Waals surface area contributed by atoms with Gasteiger partial charge in [0.25, 0.3) is 0 Å². The van der Waals surface area contributed by atoms with Crippen molar-refractivity contribution in [3.63, 3.8) is 0 Å². The van der Waals surface area contributed by atoms with Gasteiger partial charge >= 0.3 is 0 Å². The van der Waals surface area contributed by atoms with E-state index in [2.05, 4.69) is 4.74 Å². The highest BCUT2D eigenvalue weighted by Crippen LogP contribution is 1.90.